The second-order valence-corrected chi connectivity index (χ2v) is 7.70. The standard InChI is InChI=1S/C24H25N5O3/c1-16-7-9-17(10-8-16)15-29-21(25)18(23(30)26-11-5-13-32-2)14-19-22(29)27-20-6-3-4-12-28(20)24(19)31/h3-4,6-10,12,14,25H,5,11,13,15H2,1-2H3,(H,26,30)/p+1. The Kier molecular flexibility index (Phi) is 6.13. The van der Waals surface area contributed by atoms with E-state index >= 15 is 0 Å². The number of amides is 1. The van der Waals surface area contributed by atoms with Crippen LogP contribution in [-0.4, -0.2) is 35.6 Å². The van der Waals surface area contributed by atoms with Gasteiger partial charge in [0.05, 0.1) is 6.54 Å². The highest BCUT2D eigenvalue weighted by atomic mass is 16.5. The van der Waals surface area contributed by atoms with Crippen LogP contribution in [0.1, 0.15) is 27.9 Å². The summed E-state index contributed by atoms with van der Waals surface area (Å²) in [5.74, 6) is -0.0785. The van der Waals surface area contributed by atoms with Gasteiger partial charge in [0.15, 0.2) is 0 Å². The molecule has 8 heteroatoms. The number of nitrogens with two attached hydrogens (primary N) is 1. The minimum absolute atomic E-state index is 0.247. The Morgan fingerprint density at radius 1 is 1.22 bits per heavy atom. The highest BCUT2D eigenvalue weighted by Gasteiger charge is 2.24. The van der Waals surface area contributed by atoms with Crippen molar-refractivity contribution >= 4 is 28.4 Å². The normalized spacial score (nSPS) is 11.2. The quantitative estimate of drug-likeness (QED) is 0.264. The molecule has 0 aliphatic carbocycles. The molecular formula is C24H26N5O3+. The molecular weight excluding hydrogens is 406 g/mol. The summed E-state index contributed by atoms with van der Waals surface area (Å²) in [6, 6.07) is 14.9. The van der Waals surface area contributed by atoms with E-state index in [0.717, 1.165) is 11.1 Å². The summed E-state index contributed by atoms with van der Waals surface area (Å²) < 4.78 is 8.23. The van der Waals surface area contributed by atoms with E-state index < -0.39 is 0 Å². The first kappa shape index (κ1) is 21.5. The average molecular weight is 433 g/mol. The zero-order valence-electron chi connectivity index (χ0n) is 18.2. The van der Waals surface area contributed by atoms with Crippen molar-refractivity contribution in [3.63, 3.8) is 0 Å². The summed E-state index contributed by atoms with van der Waals surface area (Å²) in [4.78, 5) is 30.9. The molecule has 0 fully saturated rings. The molecule has 32 heavy (non-hydrogen) atoms. The van der Waals surface area contributed by atoms with E-state index in [1.165, 1.54) is 10.5 Å². The second-order valence-electron chi connectivity index (χ2n) is 7.70. The molecule has 3 heterocycles. The summed E-state index contributed by atoms with van der Waals surface area (Å²) in [6.45, 7) is 3.38. The van der Waals surface area contributed by atoms with Crippen LogP contribution in [0.4, 0.5) is 5.82 Å². The third kappa shape index (κ3) is 4.17. The molecule has 4 rings (SSSR count). The monoisotopic (exact) mass is 432 g/mol. The zero-order valence-corrected chi connectivity index (χ0v) is 18.2. The SMILES string of the molecule is COCCCNC(=O)c1cc2c(=O)n3ccccc3nc2[n+](Cc2ccc(C)cc2)c1N. The number of aromatic nitrogens is 3. The number of fused-ring (bicyclic) bond motifs is 2. The van der Waals surface area contributed by atoms with Gasteiger partial charge in [-0.05, 0) is 37.1 Å². The van der Waals surface area contributed by atoms with E-state index in [2.05, 4.69) is 5.32 Å². The van der Waals surface area contributed by atoms with E-state index in [1.54, 1.807) is 30.0 Å². The van der Waals surface area contributed by atoms with Gasteiger partial charge in [0.25, 0.3) is 17.1 Å². The van der Waals surface area contributed by atoms with Crippen LogP contribution in [0.25, 0.3) is 16.7 Å². The van der Waals surface area contributed by atoms with Crippen LogP contribution >= 0.6 is 0 Å². The molecule has 0 aliphatic heterocycles. The topological polar surface area (TPSA) is 103 Å². The van der Waals surface area contributed by atoms with Crippen LogP contribution < -0.4 is 21.2 Å². The number of nitrogens with zero attached hydrogens (tertiary/aromatic N) is 3. The largest absolute Gasteiger partial charge is 0.385 e. The highest BCUT2D eigenvalue weighted by Crippen LogP contribution is 2.16. The molecule has 8 nitrogen and oxygen atoms in total. The molecule has 4 aromatic rings. The number of carbonyl (C=O) groups is 1. The minimum Gasteiger partial charge on any atom is -0.385 e. The Hall–Kier alpha value is -3.78. The third-order valence-corrected chi connectivity index (χ3v) is 5.38. The number of anilines is 1. The molecule has 0 unspecified atom stereocenters. The van der Waals surface area contributed by atoms with Crippen molar-refractivity contribution in [3.05, 3.63) is 81.8 Å². The summed E-state index contributed by atoms with van der Waals surface area (Å²) >= 11 is 0. The summed E-state index contributed by atoms with van der Waals surface area (Å²) in [5, 5.41) is 3.18. The maximum absolute atomic E-state index is 13.2. The molecule has 3 N–H and O–H groups in total. The van der Waals surface area contributed by atoms with Gasteiger partial charge in [-0.3, -0.25) is 14.0 Å². The third-order valence-electron chi connectivity index (χ3n) is 5.38. The smallest absolute Gasteiger partial charge is 0.278 e. The lowest BCUT2D eigenvalue weighted by Crippen LogP contribution is -2.43. The zero-order chi connectivity index (χ0) is 22.7. The maximum atomic E-state index is 13.2. The van der Waals surface area contributed by atoms with Crippen LogP contribution in [0.15, 0.2) is 59.5 Å². The van der Waals surface area contributed by atoms with E-state index in [0.29, 0.717) is 42.8 Å². The molecule has 0 saturated heterocycles. The van der Waals surface area contributed by atoms with E-state index in [1.807, 2.05) is 37.3 Å². The number of methoxy groups -OCH3 is 1. The number of rotatable bonds is 7. The van der Waals surface area contributed by atoms with Gasteiger partial charge in [0.1, 0.15) is 10.9 Å². The average Bonchev–Trinajstić information content (AvgIpc) is 2.80. The lowest BCUT2D eigenvalue weighted by molar-refractivity contribution is -0.649. The number of pyridine rings is 2. The number of benzene rings is 1. The van der Waals surface area contributed by atoms with Crippen molar-refractivity contribution in [3.8, 4) is 0 Å². The van der Waals surface area contributed by atoms with Gasteiger partial charge in [0, 0.05) is 26.5 Å². The number of nitrogens with one attached hydrogen (secondary N) is 1. The highest BCUT2D eigenvalue weighted by molar-refractivity contribution is 6.00. The second kappa shape index (κ2) is 9.15. The molecule has 0 saturated carbocycles. The number of nitrogen functional groups attached to an aromatic ring is 1. The first-order valence-electron chi connectivity index (χ1n) is 10.5. The van der Waals surface area contributed by atoms with Crippen LogP contribution in [0.2, 0.25) is 0 Å². The van der Waals surface area contributed by atoms with Crippen molar-refractivity contribution in [1.29, 1.82) is 0 Å². The summed E-state index contributed by atoms with van der Waals surface area (Å²) in [5.41, 5.74) is 9.56. The predicted molar refractivity (Wildman–Crippen MR) is 123 cm³/mol. The van der Waals surface area contributed by atoms with Crippen molar-refractivity contribution < 1.29 is 14.1 Å². The van der Waals surface area contributed by atoms with Crippen LogP contribution in [-0.2, 0) is 11.3 Å². The molecule has 0 radical (unpaired) electrons. The van der Waals surface area contributed by atoms with Gasteiger partial charge in [-0.25, -0.2) is 4.57 Å². The van der Waals surface area contributed by atoms with E-state index in [-0.39, 0.29) is 22.8 Å². The van der Waals surface area contributed by atoms with Crippen molar-refractivity contribution in [1.82, 2.24) is 14.7 Å². The molecule has 1 aromatic carbocycles. The van der Waals surface area contributed by atoms with Gasteiger partial charge in [0.2, 0.25) is 11.5 Å². The number of hydrogen-bond acceptors (Lipinski definition) is 5. The first-order valence-corrected chi connectivity index (χ1v) is 10.5. The molecule has 0 bridgehead atoms. The van der Waals surface area contributed by atoms with Gasteiger partial charge >= 0.3 is 0 Å². The molecule has 0 aliphatic rings. The lowest BCUT2D eigenvalue weighted by atomic mass is 10.1. The number of aryl methyl sites for hydroxylation is 1. The van der Waals surface area contributed by atoms with Gasteiger partial charge in [-0.1, -0.05) is 40.9 Å². The van der Waals surface area contributed by atoms with Crippen LogP contribution in [0, 0.1) is 6.92 Å². The summed E-state index contributed by atoms with van der Waals surface area (Å²) in [6.07, 6.45) is 2.34. The number of ether oxygens (including phenoxy) is 1. The van der Waals surface area contributed by atoms with Gasteiger partial charge in [-0.15, -0.1) is 0 Å². The van der Waals surface area contributed by atoms with E-state index in [9.17, 15) is 9.59 Å². The van der Waals surface area contributed by atoms with Crippen molar-refractivity contribution in [2.24, 2.45) is 0 Å². The van der Waals surface area contributed by atoms with Crippen molar-refractivity contribution in [2.45, 2.75) is 19.9 Å². The van der Waals surface area contributed by atoms with Crippen LogP contribution in [0.5, 0.6) is 0 Å². The Morgan fingerprint density at radius 2 is 2.00 bits per heavy atom. The Morgan fingerprint density at radius 3 is 2.75 bits per heavy atom. The van der Waals surface area contributed by atoms with E-state index in [4.69, 9.17) is 15.5 Å². The number of hydrogen-bond donors (Lipinski definition) is 2. The fraction of sp³-hybridized carbons (Fsp3) is 0.250. The molecule has 1 amide bonds. The Bertz CT molecular complexity index is 1350. The molecule has 3 aromatic heterocycles. The van der Waals surface area contributed by atoms with Gasteiger partial charge < -0.3 is 15.8 Å². The lowest BCUT2D eigenvalue weighted by Gasteiger charge is -2.13. The van der Waals surface area contributed by atoms with Crippen molar-refractivity contribution in [2.75, 3.05) is 26.0 Å². The fourth-order valence-electron chi connectivity index (χ4n) is 3.63. The number of carbonyl (C=O) groups excluding carboxylic acids is 1. The van der Waals surface area contributed by atoms with Crippen LogP contribution in [0.3, 0.4) is 0 Å². The first-order chi connectivity index (χ1) is 15.5. The van der Waals surface area contributed by atoms with Gasteiger partial charge in [-0.2, -0.15) is 0 Å². The molecule has 0 spiro atoms. The molecule has 164 valence electrons. The minimum atomic E-state index is -0.337. The molecule has 0 atom stereocenters. The predicted octanol–water partition coefficient (Wildman–Crippen LogP) is 1.84. The Balaban J connectivity index is 1.88. The summed E-state index contributed by atoms with van der Waals surface area (Å²) in [7, 11) is 1.61. The Labute approximate surface area is 185 Å². The maximum Gasteiger partial charge on any atom is 0.278 e. The fourth-order valence-corrected chi connectivity index (χ4v) is 3.63.